The Kier molecular flexibility index (Phi) is 6.00. The van der Waals surface area contributed by atoms with Crippen LogP contribution in [0.2, 0.25) is 0 Å². The van der Waals surface area contributed by atoms with Gasteiger partial charge < -0.3 is 4.90 Å². The predicted molar refractivity (Wildman–Crippen MR) is 76.8 cm³/mol. The van der Waals surface area contributed by atoms with Gasteiger partial charge in [0.05, 0.1) is 5.75 Å². The maximum absolute atomic E-state index is 12.1. The van der Waals surface area contributed by atoms with Crippen LogP contribution in [0.15, 0.2) is 11.6 Å². The Morgan fingerprint density at radius 3 is 2.26 bits per heavy atom. The first-order chi connectivity index (χ1) is 8.83. The van der Waals surface area contributed by atoms with Gasteiger partial charge in [0, 0.05) is 44.6 Å². The van der Waals surface area contributed by atoms with Gasteiger partial charge in [0.2, 0.25) is 5.91 Å². The van der Waals surface area contributed by atoms with Gasteiger partial charge in [-0.25, -0.2) is 8.42 Å². The molecule has 1 aliphatic rings. The fourth-order valence-corrected chi connectivity index (χ4v) is 2.70. The molecule has 1 heterocycles. The molecule has 0 bridgehead atoms. The number of hydrogen-bond donors (Lipinski definition) is 0. The average molecular weight is 288 g/mol. The van der Waals surface area contributed by atoms with E-state index in [0.717, 1.165) is 25.1 Å². The summed E-state index contributed by atoms with van der Waals surface area (Å²) < 4.78 is 22.2. The van der Waals surface area contributed by atoms with Gasteiger partial charge in [-0.3, -0.25) is 9.69 Å². The zero-order valence-electron chi connectivity index (χ0n) is 12.1. The summed E-state index contributed by atoms with van der Waals surface area (Å²) in [6.07, 6.45) is 4.07. The smallest absolute Gasteiger partial charge is 0.249 e. The third-order valence-electron chi connectivity index (χ3n) is 3.29. The second kappa shape index (κ2) is 7.05. The molecule has 1 aliphatic heterocycles. The van der Waals surface area contributed by atoms with Crippen molar-refractivity contribution in [2.45, 2.75) is 20.3 Å². The summed E-state index contributed by atoms with van der Waals surface area (Å²) in [5, 5.41) is 0. The maximum atomic E-state index is 12.1. The molecule has 0 atom stereocenters. The molecular formula is C13H24N2O3S. The van der Waals surface area contributed by atoms with Gasteiger partial charge in [-0.2, -0.15) is 0 Å². The summed E-state index contributed by atoms with van der Waals surface area (Å²) in [6, 6.07) is 0. The van der Waals surface area contributed by atoms with Crippen molar-refractivity contribution in [1.82, 2.24) is 9.80 Å². The third kappa shape index (κ3) is 5.74. The van der Waals surface area contributed by atoms with Crippen molar-refractivity contribution in [2.75, 3.05) is 44.7 Å². The lowest BCUT2D eigenvalue weighted by atomic mass is 10.2. The molecule has 19 heavy (non-hydrogen) atoms. The number of carbonyl (C=O) groups excluding carboxylic acids is 1. The Morgan fingerprint density at radius 2 is 1.79 bits per heavy atom. The second-order valence-corrected chi connectivity index (χ2v) is 7.32. The van der Waals surface area contributed by atoms with Gasteiger partial charge >= 0.3 is 0 Å². The monoisotopic (exact) mass is 288 g/mol. The highest BCUT2D eigenvalue weighted by Gasteiger charge is 2.22. The molecule has 1 fully saturated rings. The predicted octanol–water partition coefficient (Wildman–Crippen LogP) is 0.532. The zero-order chi connectivity index (χ0) is 14.5. The Labute approximate surface area is 116 Å². The van der Waals surface area contributed by atoms with E-state index >= 15 is 0 Å². The minimum atomic E-state index is -2.91. The summed E-state index contributed by atoms with van der Waals surface area (Å²) in [7, 11) is -2.91. The molecule has 1 rings (SSSR count). The van der Waals surface area contributed by atoms with Crippen LogP contribution in [0, 0.1) is 0 Å². The van der Waals surface area contributed by atoms with Gasteiger partial charge in [-0.05, 0) is 13.3 Å². The van der Waals surface area contributed by atoms with Crippen LogP contribution in [0.3, 0.4) is 0 Å². The summed E-state index contributed by atoms with van der Waals surface area (Å²) in [5.41, 5.74) is 0.798. The lowest BCUT2D eigenvalue weighted by Gasteiger charge is -2.34. The minimum absolute atomic E-state index is 0.101. The molecule has 0 aromatic rings. The highest BCUT2D eigenvalue weighted by molar-refractivity contribution is 7.90. The molecule has 1 saturated heterocycles. The molecular weight excluding hydrogens is 264 g/mol. The Balaban J connectivity index is 2.41. The first kappa shape index (κ1) is 16.2. The molecule has 0 saturated carbocycles. The van der Waals surface area contributed by atoms with Crippen molar-refractivity contribution in [3.63, 3.8) is 0 Å². The number of sulfone groups is 1. The molecule has 6 heteroatoms. The Bertz CT molecular complexity index is 435. The number of rotatable bonds is 5. The fraction of sp³-hybridized carbons (Fsp3) is 0.769. The molecule has 0 unspecified atom stereocenters. The van der Waals surface area contributed by atoms with E-state index in [1.54, 1.807) is 0 Å². The van der Waals surface area contributed by atoms with Gasteiger partial charge in [0.15, 0.2) is 0 Å². The summed E-state index contributed by atoms with van der Waals surface area (Å²) >= 11 is 0. The van der Waals surface area contributed by atoms with Crippen LogP contribution in [0.5, 0.6) is 0 Å². The Hall–Kier alpha value is -0.880. The first-order valence-electron chi connectivity index (χ1n) is 6.69. The van der Waals surface area contributed by atoms with E-state index in [1.807, 2.05) is 24.8 Å². The van der Waals surface area contributed by atoms with Crippen LogP contribution in [0.1, 0.15) is 20.3 Å². The van der Waals surface area contributed by atoms with Crippen molar-refractivity contribution in [3.8, 4) is 0 Å². The minimum Gasteiger partial charge on any atom is -0.336 e. The van der Waals surface area contributed by atoms with Crippen LogP contribution in [-0.4, -0.2) is 68.9 Å². The molecule has 0 aromatic carbocycles. The van der Waals surface area contributed by atoms with Crippen LogP contribution >= 0.6 is 0 Å². The third-order valence-corrected chi connectivity index (χ3v) is 4.21. The van der Waals surface area contributed by atoms with Crippen molar-refractivity contribution in [1.29, 1.82) is 0 Å². The van der Waals surface area contributed by atoms with Crippen molar-refractivity contribution < 1.29 is 13.2 Å². The number of carbonyl (C=O) groups is 1. The van der Waals surface area contributed by atoms with Crippen molar-refractivity contribution in [2.24, 2.45) is 0 Å². The quantitative estimate of drug-likeness (QED) is 0.693. The SMILES string of the molecule is CC/C=C(/C)C(=O)N1CCN(CCS(C)(=O)=O)CC1. The Morgan fingerprint density at radius 1 is 1.21 bits per heavy atom. The second-order valence-electron chi connectivity index (χ2n) is 5.06. The van der Waals surface area contributed by atoms with Crippen LogP contribution in [0.4, 0.5) is 0 Å². The lowest BCUT2D eigenvalue weighted by Crippen LogP contribution is -2.49. The molecule has 5 nitrogen and oxygen atoms in total. The molecule has 0 aliphatic carbocycles. The highest BCUT2D eigenvalue weighted by Crippen LogP contribution is 2.07. The lowest BCUT2D eigenvalue weighted by molar-refractivity contribution is -0.128. The van der Waals surface area contributed by atoms with Gasteiger partial charge in [-0.15, -0.1) is 0 Å². The van der Waals surface area contributed by atoms with E-state index in [-0.39, 0.29) is 11.7 Å². The van der Waals surface area contributed by atoms with E-state index < -0.39 is 9.84 Å². The standard InChI is InChI=1S/C13H24N2O3S/c1-4-5-12(2)13(16)15-8-6-14(7-9-15)10-11-19(3,17)18/h5H,4,6-11H2,1-3H3/b12-5-. The molecule has 0 spiro atoms. The first-order valence-corrected chi connectivity index (χ1v) is 8.75. The number of amides is 1. The molecule has 1 amide bonds. The maximum Gasteiger partial charge on any atom is 0.249 e. The van der Waals surface area contributed by atoms with Gasteiger partial charge in [0.25, 0.3) is 0 Å². The van der Waals surface area contributed by atoms with Gasteiger partial charge in [0.1, 0.15) is 9.84 Å². The molecule has 0 aromatic heterocycles. The van der Waals surface area contributed by atoms with Crippen LogP contribution in [-0.2, 0) is 14.6 Å². The number of hydrogen-bond acceptors (Lipinski definition) is 4. The van der Waals surface area contributed by atoms with Crippen LogP contribution in [0.25, 0.3) is 0 Å². The summed E-state index contributed by atoms with van der Waals surface area (Å²) in [5.74, 6) is 0.292. The summed E-state index contributed by atoms with van der Waals surface area (Å²) in [4.78, 5) is 16.0. The number of piperazine rings is 1. The van der Waals surface area contributed by atoms with Gasteiger partial charge in [-0.1, -0.05) is 13.0 Å². The normalized spacial score (nSPS) is 18.7. The van der Waals surface area contributed by atoms with Crippen molar-refractivity contribution >= 4 is 15.7 Å². The average Bonchev–Trinajstić information content (AvgIpc) is 2.35. The zero-order valence-corrected chi connectivity index (χ0v) is 12.9. The fourth-order valence-electron chi connectivity index (χ4n) is 2.11. The molecule has 110 valence electrons. The van der Waals surface area contributed by atoms with E-state index in [0.29, 0.717) is 19.6 Å². The summed E-state index contributed by atoms with van der Waals surface area (Å²) in [6.45, 7) is 7.28. The van der Waals surface area contributed by atoms with E-state index in [4.69, 9.17) is 0 Å². The topological polar surface area (TPSA) is 57.7 Å². The van der Waals surface area contributed by atoms with E-state index in [9.17, 15) is 13.2 Å². The van der Waals surface area contributed by atoms with E-state index in [2.05, 4.69) is 4.90 Å². The highest BCUT2D eigenvalue weighted by atomic mass is 32.2. The molecule has 0 radical (unpaired) electrons. The van der Waals surface area contributed by atoms with Crippen molar-refractivity contribution in [3.05, 3.63) is 11.6 Å². The van der Waals surface area contributed by atoms with Crippen LogP contribution < -0.4 is 0 Å². The number of allylic oxidation sites excluding steroid dienone is 1. The van der Waals surface area contributed by atoms with E-state index in [1.165, 1.54) is 6.26 Å². The molecule has 0 N–H and O–H groups in total. The number of nitrogens with zero attached hydrogens (tertiary/aromatic N) is 2. The largest absolute Gasteiger partial charge is 0.336 e.